The van der Waals surface area contributed by atoms with E-state index in [-0.39, 0.29) is 0 Å². The molecule has 1 aromatic carbocycles. The first kappa shape index (κ1) is 15.6. The number of hydrogen-bond acceptors (Lipinski definition) is 3. The van der Waals surface area contributed by atoms with Crippen molar-refractivity contribution >= 4 is 23.2 Å². The summed E-state index contributed by atoms with van der Waals surface area (Å²) in [6.45, 7) is 1.90. The van der Waals surface area contributed by atoms with Crippen molar-refractivity contribution in [1.82, 2.24) is 0 Å². The molecular weight excluding hydrogens is 273 g/mol. The van der Waals surface area contributed by atoms with E-state index in [1.54, 1.807) is 13.2 Å². The number of halogens is 2. The Balaban J connectivity index is 2.62. The molecule has 0 atom stereocenters. The van der Waals surface area contributed by atoms with E-state index in [9.17, 15) is 0 Å². The maximum Gasteiger partial charge on any atom is 0.141 e. The summed E-state index contributed by atoms with van der Waals surface area (Å²) >= 11 is 12.1. The zero-order valence-corrected chi connectivity index (χ0v) is 12.1. The third-order valence-electron chi connectivity index (χ3n) is 2.49. The first-order valence-electron chi connectivity index (χ1n) is 5.98. The number of rotatable bonds is 8. The summed E-state index contributed by atoms with van der Waals surface area (Å²) in [5.74, 6) is 0.698. The van der Waals surface area contributed by atoms with Crippen LogP contribution < -0.4 is 10.5 Å². The van der Waals surface area contributed by atoms with Crippen molar-refractivity contribution in [2.45, 2.75) is 19.3 Å². The van der Waals surface area contributed by atoms with Crippen LogP contribution in [0.5, 0.6) is 5.75 Å². The lowest BCUT2D eigenvalue weighted by Gasteiger charge is -2.13. The summed E-state index contributed by atoms with van der Waals surface area (Å²) in [6.07, 6.45) is 2.59. The second-order valence-electron chi connectivity index (χ2n) is 3.96. The highest BCUT2D eigenvalue weighted by Gasteiger charge is 2.10. The summed E-state index contributed by atoms with van der Waals surface area (Å²) in [7, 11) is 1.69. The lowest BCUT2D eigenvalue weighted by molar-refractivity contribution is 0.184. The first-order valence-corrected chi connectivity index (χ1v) is 6.74. The third kappa shape index (κ3) is 5.02. The third-order valence-corrected chi connectivity index (χ3v) is 2.99. The van der Waals surface area contributed by atoms with Gasteiger partial charge in [-0.3, -0.25) is 0 Å². The SMILES string of the molecule is COCCCCOc1c(Cl)cc(Cl)cc1CCN. The van der Waals surface area contributed by atoms with Gasteiger partial charge >= 0.3 is 0 Å². The second-order valence-corrected chi connectivity index (χ2v) is 4.81. The number of methoxy groups -OCH3 is 1. The Kier molecular flexibility index (Phi) is 7.44. The molecule has 0 unspecified atom stereocenters. The minimum absolute atomic E-state index is 0.538. The van der Waals surface area contributed by atoms with E-state index < -0.39 is 0 Å². The Morgan fingerprint density at radius 2 is 1.89 bits per heavy atom. The Morgan fingerprint density at radius 1 is 1.17 bits per heavy atom. The Hall–Kier alpha value is -0.480. The topological polar surface area (TPSA) is 44.5 Å². The summed E-state index contributed by atoms with van der Waals surface area (Å²) in [6, 6.07) is 3.54. The molecule has 0 spiro atoms. The quantitative estimate of drug-likeness (QED) is 0.748. The van der Waals surface area contributed by atoms with Gasteiger partial charge in [-0.25, -0.2) is 0 Å². The lowest BCUT2D eigenvalue weighted by Crippen LogP contribution is -2.07. The van der Waals surface area contributed by atoms with E-state index in [0.29, 0.717) is 35.4 Å². The molecule has 1 aromatic rings. The largest absolute Gasteiger partial charge is 0.492 e. The normalized spacial score (nSPS) is 10.7. The van der Waals surface area contributed by atoms with Crippen molar-refractivity contribution in [1.29, 1.82) is 0 Å². The van der Waals surface area contributed by atoms with Crippen LogP contribution in [0, 0.1) is 0 Å². The van der Waals surface area contributed by atoms with Crippen LogP contribution in [-0.2, 0) is 11.2 Å². The van der Waals surface area contributed by atoms with E-state index in [1.165, 1.54) is 0 Å². The summed E-state index contributed by atoms with van der Waals surface area (Å²) < 4.78 is 10.7. The molecule has 1 rings (SSSR count). The van der Waals surface area contributed by atoms with Gasteiger partial charge in [-0.2, -0.15) is 0 Å². The Labute approximate surface area is 118 Å². The average molecular weight is 292 g/mol. The zero-order chi connectivity index (χ0) is 13.4. The Morgan fingerprint density at radius 3 is 2.56 bits per heavy atom. The molecule has 0 fully saturated rings. The van der Waals surface area contributed by atoms with E-state index >= 15 is 0 Å². The van der Waals surface area contributed by atoms with Crippen LogP contribution in [0.3, 0.4) is 0 Å². The van der Waals surface area contributed by atoms with Crippen molar-refractivity contribution in [3.63, 3.8) is 0 Å². The minimum atomic E-state index is 0.538. The number of unbranched alkanes of at least 4 members (excludes halogenated alkanes) is 1. The van der Waals surface area contributed by atoms with Gasteiger partial charge < -0.3 is 15.2 Å². The number of ether oxygens (including phenoxy) is 2. The smallest absolute Gasteiger partial charge is 0.141 e. The molecule has 18 heavy (non-hydrogen) atoms. The molecule has 0 bridgehead atoms. The van der Waals surface area contributed by atoms with Gasteiger partial charge in [0.1, 0.15) is 5.75 Å². The number of hydrogen-bond donors (Lipinski definition) is 1. The van der Waals surface area contributed by atoms with Crippen LogP contribution in [0.25, 0.3) is 0 Å². The Bertz CT molecular complexity index is 372. The van der Waals surface area contributed by atoms with Gasteiger partial charge in [-0.15, -0.1) is 0 Å². The van der Waals surface area contributed by atoms with Gasteiger partial charge in [0.25, 0.3) is 0 Å². The molecule has 0 aliphatic carbocycles. The van der Waals surface area contributed by atoms with Crippen LogP contribution in [0.15, 0.2) is 12.1 Å². The van der Waals surface area contributed by atoms with Crippen LogP contribution >= 0.6 is 23.2 Å². The maximum atomic E-state index is 6.14. The van der Waals surface area contributed by atoms with Crippen molar-refractivity contribution in [3.8, 4) is 5.75 Å². The predicted octanol–water partition coefficient (Wildman–Crippen LogP) is 3.30. The molecule has 0 heterocycles. The van der Waals surface area contributed by atoms with Crippen LogP contribution in [0.1, 0.15) is 18.4 Å². The summed E-state index contributed by atoms with van der Waals surface area (Å²) in [5, 5.41) is 1.15. The molecule has 0 aliphatic rings. The highest BCUT2D eigenvalue weighted by atomic mass is 35.5. The standard InChI is InChI=1S/C13H19Cl2NO2/c1-17-6-2-3-7-18-13-10(4-5-16)8-11(14)9-12(13)15/h8-9H,2-7,16H2,1H3. The fourth-order valence-electron chi connectivity index (χ4n) is 1.64. The molecule has 102 valence electrons. The molecule has 0 amide bonds. The summed E-state index contributed by atoms with van der Waals surface area (Å²) in [5.41, 5.74) is 6.53. The van der Waals surface area contributed by atoms with Crippen molar-refractivity contribution < 1.29 is 9.47 Å². The molecule has 3 nitrogen and oxygen atoms in total. The number of nitrogens with two attached hydrogens (primary N) is 1. The van der Waals surface area contributed by atoms with Gasteiger partial charge in [0, 0.05) is 18.7 Å². The van der Waals surface area contributed by atoms with Crippen molar-refractivity contribution in [2.75, 3.05) is 26.9 Å². The monoisotopic (exact) mass is 291 g/mol. The molecule has 0 aliphatic heterocycles. The molecule has 5 heteroatoms. The number of benzene rings is 1. The van der Waals surface area contributed by atoms with E-state index in [1.807, 2.05) is 6.07 Å². The first-order chi connectivity index (χ1) is 8.69. The highest BCUT2D eigenvalue weighted by Crippen LogP contribution is 2.32. The van der Waals surface area contributed by atoms with Crippen LogP contribution in [0.2, 0.25) is 10.0 Å². The van der Waals surface area contributed by atoms with Gasteiger partial charge in [-0.1, -0.05) is 23.2 Å². The highest BCUT2D eigenvalue weighted by molar-refractivity contribution is 6.35. The van der Waals surface area contributed by atoms with Gasteiger partial charge in [-0.05, 0) is 43.5 Å². The van der Waals surface area contributed by atoms with Gasteiger partial charge in [0.15, 0.2) is 0 Å². The van der Waals surface area contributed by atoms with Crippen molar-refractivity contribution in [3.05, 3.63) is 27.7 Å². The average Bonchev–Trinajstić information content (AvgIpc) is 2.32. The molecule has 2 N–H and O–H groups in total. The fraction of sp³-hybridized carbons (Fsp3) is 0.538. The lowest BCUT2D eigenvalue weighted by atomic mass is 10.1. The van der Waals surface area contributed by atoms with Crippen LogP contribution in [-0.4, -0.2) is 26.9 Å². The molecule has 0 saturated heterocycles. The minimum Gasteiger partial charge on any atom is -0.492 e. The molecule has 0 aromatic heterocycles. The predicted molar refractivity (Wildman–Crippen MR) is 75.8 cm³/mol. The van der Waals surface area contributed by atoms with Crippen LogP contribution in [0.4, 0.5) is 0 Å². The zero-order valence-electron chi connectivity index (χ0n) is 10.5. The summed E-state index contributed by atoms with van der Waals surface area (Å²) in [4.78, 5) is 0. The van der Waals surface area contributed by atoms with Gasteiger partial charge in [0.05, 0.1) is 11.6 Å². The van der Waals surface area contributed by atoms with Gasteiger partial charge in [0.2, 0.25) is 0 Å². The van der Waals surface area contributed by atoms with E-state index in [2.05, 4.69) is 0 Å². The molecule has 0 radical (unpaired) electrons. The van der Waals surface area contributed by atoms with E-state index in [4.69, 9.17) is 38.4 Å². The maximum absolute atomic E-state index is 6.14. The van der Waals surface area contributed by atoms with E-state index in [0.717, 1.165) is 25.0 Å². The van der Waals surface area contributed by atoms with Crippen molar-refractivity contribution in [2.24, 2.45) is 5.73 Å². The second kappa shape index (κ2) is 8.59. The molecule has 0 saturated carbocycles. The fourth-order valence-corrected chi connectivity index (χ4v) is 2.23. The molecular formula is C13H19Cl2NO2.